The van der Waals surface area contributed by atoms with Crippen LogP contribution in [-0.2, 0) is 24.3 Å². The van der Waals surface area contributed by atoms with Crippen LogP contribution in [0.4, 0.5) is 30.8 Å². The largest absolute Gasteiger partial charge is 0.471 e. The van der Waals surface area contributed by atoms with Crippen LogP contribution in [0.3, 0.4) is 0 Å². The van der Waals surface area contributed by atoms with E-state index in [0.717, 1.165) is 80.4 Å². The Kier molecular flexibility index (Phi) is 11.5. The van der Waals surface area contributed by atoms with Crippen molar-refractivity contribution in [2.45, 2.75) is 102 Å². The molecule has 1 saturated carbocycles. The van der Waals surface area contributed by atoms with Gasteiger partial charge in [0.2, 0.25) is 5.95 Å². The fourth-order valence-electron chi connectivity index (χ4n) is 6.15. The van der Waals surface area contributed by atoms with Crippen LogP contribution in [0.1, 0.15) is 75.5 Å². The Hall–Kier alpha value is -3.20. The molecule has 1 amide bonds. The van der Waals surface area contributed by atoms with Crippen molar-refractivity contribution in [3.05, 3.63) is 17.5 Å². The molecule has 44 heavy (non-hydrogen) atoms. The molecule has 1 saturated heterocycles. The van der Waals surface area contributed by atoms with Crippen molar-refractivity contribution in [1.82, 2.24) is 40.5 Å². The number of fused-ring (bicyclic) bond motifs is 1. The zero-order valence-corrected chi connectivity index (χ0v) is 25.4. The minimum atomic E-state index is -4.84. The summed E-state index contributed by atoms with van der Waals surface area (Å²) in [5.74, 6) is 0.0859. The monoisotopic (exact) mass is 621 g/mol. The first-order valence-corrected chi connectivity index (χ1v) is 16.2. The van der Waals surface area contributed by atoms with Gasteiger partial charge in [-0.2, -0.15) is 23.1 Å². The minimum Gasteiger partial charge on any atom is -0.370 e. The summed E-state index contributed by atoms with van der Waals surface area (Å²) >= 11 is 0. The maximum absolute atomic E-state index is 12.8. The number of nitrogens with zero attached hydrogens (tertiary/aromatic N) is 6. The number of likely N-dealkylation sites (tertiary alicyclic amines) is 1. The van der Waals surface area contributed by atoms with Crippen LogP contribution in [0.2, 0.25) is 0 Å². The van der Waals surface area contributed by atoms with E-state index in [4.69, 9.17) is 4.98 Å². The number of carbonyl (C=O) groups is 1. The van der Waals surface area contributed by atoms with E-state index in [9.17, 15) is 18.0 Å². The minimum absolute atomic E-state index is 0.0518. The maximum atomic E-state index is 12.8. The molecule has 0 bridgehead atoms. The number of hydrogen-bond donors (Lipinski definition) is 5. The number of alkyl halides is 3. The van der Waals surface area contributed by atoms with Crippen molar-refractivity contribution >= 4 is 23.5 Å². The highest BCUT2D eigenvalue weighted by Crippen LogP contribution is 2.30. The van der Waals surface area contributed by atoms with Gasteiger partial charge in [0.1, 0.15) is 17.3 Å². The molecular weight excluding hydrogens is 575 g/mol. The molecule has 0 atom stereocenters. The molecule has 2 aromatic heterocycles. The Balaban J connectivity index is 1.04. The molecule has 0 aromatic carbocycles. The van der Waals surface area contributed by atoms with Crippen LogP contribution in [0, 0.1) is 0 Å². The quantitative estimate of drug-likeness (QED) is 0.200. The van der Waals surface area contributed by atoms with Gasteiger partial charge in [-0.25, -0.2) is 0 Å². The molecular formula is C29H46F3N11O. The molecule has 3 aliphatic rings. The number of rotatable bonds is 14. The molecule has 0 radical (unpaired) electrons. The number of aryl methyl sites for hydroxylation is 1. The Morgan fingerprint density at radius 3 is 2.57 bits per heavy atom. The Morgan fingerprint density at radius 2 is 1.77 bits per heavy atom. The lowest BCUT2D eigenvalue weighted by Gasteiger charge is -2.33. The molecule has 5 N–H and O–H groups in total. The molecule has 244 valence electrons. The zero-order valence-electron chi connectivity index (χ0n) is 25.4. The van der Waals surface area contributed by atoms with Gasteiger partial charge >= 0.3 is 12.1 Å². The molecule has 15 heteroatoms. The molecule has 5 rings (SSSR count). The van der Waals surface area contributed by atoms with Crippen LogP contribution < -0.4 is 26.6 Å². The predicted molar refractivity (Wildman–Crippen MR) is 162 cm³/mol. The fourth-order valence-corrected chi connectivity index (χ4v) is 6.15. The lowest BCUT2D eigenvalue weighted by Crippen LogP contribution is -2.47. The Morgan fingerprint density at radius 1 is 0.977 bits per heavy atom. The molecule has 2 fully saturated rings. The molecule has 2 aromatic rings. The summed E-state index contributed by atoms with van der Waals surface area (Å²) in [5, 5.41) is 25.7. The second-order valence-electron chi connectivity index (χ2n) is 12.0. The molecule has 2 aliphatic heterocycles. The first kappa shape index (κ1) is 32.2. The second-order valence-corrected chi connectivity index (χ2v) is 12.0. The van der Waals surface area contributed by atoms with Crippen LogP contribution in [0.5, 0.6) is 0 Å². The summed E-state index contributed by atoms with van der Waals surface area (Å²) < 4.78 is 40.3. The number of carbonyl (C=O) groups excluding carboxylic acids is 1. The molecule has 1 aliphatic carbocycles. The lowest BCUT2D eigenvalue weighted by molar-refractivity contribution is -0.186. The number of amides is 1. The van der Waals surface area contributed by atoms with Gasteiger partial charge in [-0.3, -0.25) is 9.48 Å². The predicted octanol–water partition coefficient (Wildman–Crippen LogP) is 3.30. The van der Waals surface area contributed by atoms with E-state index in [0.29, 0.717) is 37.2 Å². The summed E-state index contributed by atoms with van der Waals surface area (Å²) in [5.41, 5.74) is 1.74. The zero-order chi connectivity index (χ0) is 30.8. The van der Waals surface area contributed by atoms with E-state index in [1.54, 1.807) is 0 Å². The SMILES string of the molecule is O=C(N1CCC(Nc2nc(NCc3cn(CCCNCCCNC4CCCCC4)nn3)nc3c2CCCN3)CC1)C(F)(F)F. The molecule has 4 heterocycles. The summed E-state index contributed by atoms with van der Waals surface area (Å²) in [7, 11) is 0. The average Bonchev–Trinajstić information content (AvgIpc) is 3.49. The first-order chi connectivity index (χ1) is 21.3. The third kappa shape index (κ3) is 9.40. The number of hydrogen-bond acceptors (Lipinski definition) is 10. The van der Waals surface area contributed by atoms with Gasteiger partial charge in [-0.15, -0.1) is 5.10 Å². The van der Waals surface area contributed by atoms with Crippen LogP contribution in [0.15, 0.2) is 6.20 Å². The van der Waals surface area contributed by atoms with E-state index in [1.807, 2.05) is 10.9 Å². The van der Waals surface area contributed by atoms with Crippen LogP contribution in [0.25, 0.3) is 0 Å². The number of nitrogens with one attached hydrogen (secondary N) is 5. The smallest absolute Gasteiger partial charge is 0.370 e. The van der Waals surface area contributed by atoms with Crippen molar-refractivity contribution in [3.63, 3.8) is 0 Å². The molecule has 0 spiro atoms. The third-order valence-corrected chi connectivity index (χ3v) is 8.59. The van der Waals surface area contributed by atoms with E-state index in [2.05, 4.69) is 41.9 Å². The van der Waals surface area contributed by atoms with Crippen molar-refractivity contribution in [3.8, 4) is 0 Å². The van der Waals surface area contributed by atoms with Crippen LogP contribution in [-0.4, -0.2) is 93.3 Å². The highest BCUT2D eigenvalue weighted by molar-refractivity contribution is 5.82. The van der Waals surface area contributed by atoms with Gasteiger partial charge in [0.05, 0.1) is 12.7 Å². The third-order valence-electron chi connectivity index (χ3n) is 8.59. The van der Waals surface area contributed by atoms with E-state index >= 15 is 0 Å². The molecule has 12 nitrogen and oxygen atoms in total. The van der Waals surface area contributed by atoms with Gasteiger partial charge in [-0.1, -0.05) is 24.5 Å². The highest BCUT2D eigenvalue weighted by atomic mass is 19.4. The summed E-state index contributed by atoms with van der Waals surface area (Å²) in [6, 6.07) is 0.627. The van der Waals surface area contributed by atoms with Gasteiger partial charge in [-0.05, 0) is 71.0 Å². The van der Waals surface area contributed by atoms with Gasteiger partial charge in [0.25, 0.3) is 0 Å². The Bertz CT molecular complexity index is 1190. The van der Waals surface area contributed by atoms with Gasteiger partial charge in [0, 0.05) is 43.8 Å². The van der Waals surface area contributed by atoms with E-state index < -0.39 is 12.1 Å². The number of aromatic nitrogens is 5. The normalized spacial score (nSPS) is 18.1. The number of anilines is 3. The topological polar surface area (TPSA) is 137 Å². The van der Waals surface area contributed by atoms with Crippen molar-refractivity contribution in [2.75, 3.05) is 55.2 Å². The average molecular weight is 622 g/mol. The Labute approximate surface area is 256 Å². The number of halogens is 3. The number of piperidine rings is 1. The van der Waals surface area contributed by atoms with E-state index in [-0.39, 0.29) is 19.1 Å². The highest BCUT2D eigenvalue weighted by Gasteiger charge is 2.43. The maximum Gasteiger partial charge on any atom is 0.471 e. The second kappa shape index (κ2) is 15.7. The standard InChI is InChI=1S/C29H46F3N11O/c30-29(31,32)27(44)42-17-10-22(11-18-42)37-26-24-9-4-14-35-25(24)38-28(39-26)36-19-23-20-43(41-40-23)16-6-13-33-12-5-15-34-21-7-2-1-3-8-21/h20-22,33-34H,1-19H2,(H3,35,36,37,38,39). The van der Waals surface area contributed by atoms with Crippen molar-refractivity contribution < 1.29 is 18.0 Å². The summed E-state index contributed by atoms with van der Waals surface area (Å²) in [4.78, 5) is 21.8. The van der Waals surface area contributed by atoms with Crippen molar-refractivity contribution in [2.24, 2.45) is 0 Å². The van der Waals surface area contributed by atoms with Gasteiger partial charge in [0.15, 0.2) is 0 Å². The fraction of sp³-hybridized carbons (Fsp3) is 0.759. The van der Waals surface area contributed by atoms with E-state index in [1.165, 1.54) is 32.1 Å². The summed E-state index contributed by atoms with van der Waals surface area (Å²) in [6.45, 7) is 5.11. The first-order valence-electron chi connectivity index (χ1n) is 16.2. The van der Waals surface area contributed by atoms with Gasteiger partial charge < -0.3 is 31.5 Å². The molecule has 0 unspecified atom stereocenters. The van der Waals surface area contributed by atoms with Crippen molar-refractivity contribution in [1.29, 1.82) is 0 Å². The summed E-state index contributed by atoms with van der Waals surface area (Å²) in [6.07, 6.45) is 8.49. The van der Waals surface area contributed by atoms with Crippen LogP contribution >= 0.6 is 0 Å². The lowest BCUT2D eigenvalue weighted by atomic mass is 9.95.